The van der Waals surface area contributed by atoms with Crippen LogP contribution in [-0.4, -0.2) is 38.1 Å². The highest BCUT2D eigenvalue weighted by molar-refractivity contribution is 8.00. The van der Waals surface area contributed by atoms with Crippen LogP contribution in [0, 0.1) is 0 Å². The quantitative estimate of drug-likeness (QED) is 0.122. The number of hydrogen-bond acceptors (Lipinski definition) is 9. The maximum atomic E-state index is 13.3. The van der Waals surface area contributed by atoms with Gasteiger partial charge < -0.3 is 10.6 Å². The van der Waals surface area contributed by atoms with E-state index in [4.69, 9.17) is 0 Å². The highest BCUT2D eigenvalue weighted by Gasteiger charge is 2.21. The van der Waals surface area contributed by atoms with Gasteiger partial charge in [-0.15, -0.1) is 11.8 Å². The molecule has 4 aromatic rings. The molecule has 0 bridgehead atoms. The van der Waals surface area contributed by atoms with Gasteiger partial charge in [-0.05, 0) is 71.0 Å². The average Bonchev–Trinajstić information content (AvgIpc) is 3.64. The SMILES string of the molecule is CCSc1nsc(NC(=O)C(CC)Sc2cccc(NC(=O)/C(=C/c3ccsc3)NC(=O)c3ccccc3)c2)n1. The van der Waals surface area contributed by atoms with Gasteiger partial charge in [0.2, 0.25) is 16.2 Å². The molecule has 0 aliphatic carbocycles. The van der Waals surface area contributed by atoms with Crippen molar-refractivity contribution in [3.63, 3.8) is 0 Å². The number of anilines is 2. The van der Waals surface area contributed by atoms with E-state index in [1.807, 2.05) is 48.9 Å². The van der Waals surface area contributed by atoms with Gasteiger partial charge in [-0.25, -0.2) is 0 Å². The summed E-state index contributed by atoms with van der Waals surface area (Å²) in [5.41, 5.74) is 1.91. The average molecular weight is 610 g/mol. The fraction of sp³-hybridized carbons (Fsp3) is 0.179. The molecule has 2 aromatic carbocycles. The van der Waals surface area contributed by atoms with Crippen LogP contribution in [0.15, 0.2) is 87.2 Å². The lowest BCUT2D eigenvalue weighted by Gasteiger charge is -2.15. The van der Waals surface area contributed by atoms with Crippen LogP contribution < -0.4 is 16.0 Å². The molecule has 0 radical (unpaired) electrons. The zero-order valence-corrected chi connectivity index (χ0v) is 25.0. The van der Waals surface area contributed by atoms with E-state index in [9.17, 15) is 14.4 Å². The Bertz CT molecular complexity index is 1470. The van der Waals surface area contributed by atoms with E-state index in [0.29, 0.717) is 28.0 Å². The van der Waals surface area contributed by atoms with Crippen molar-refractivity contribution in [2.45, 2.75) is 35.6 Å². The van der Waals surface area contributed by atoms with Gasteiger partial charge in [0.15, 0.2) is 0 Å². The fourth-order valence-electron chi connectivity index (χ4n) is 3.43. The molecule has 0 spiro atoms. The number of benzene rings is 2. The molecular formula is C28H27N5O3S4. The minimum absolute atomic E-state index is 0.119. The molecule has 0 saturated heterocycles. The van der Waals surface area contributed by atoms with Crippen LogP contribution in [0.3, 0.4) is 0 Å². The maximum Gasteiger partial charge on any atom is 0.272 e. The number of aromatic nitrogens is 2. The number of hydrogen-bond donors (Lipinski definition) is 3. The zero-order chi connectivity index (χ0) is 28.3. The van der Waals surface area contributed by atoms with Crippen molar-refractivity contribution in [1.82, 2.24) is 14.7 Å². The summed E-state index contributed by atoms with van der Waals surface area (Å²) in [4.78, 5) is 44.2. The van der Waals surface area contributed by atoms with Gasteiger partial charge in [-0.3, -0.25) is 19.7 Å². The van der Waals surface area contributed by atoms with E-state index in [1.54, 1.807) is 42.5 Å². The number of nitrogens with one attached hydrogen (secondary N) is 3. The molecule has 3 N–H and O–H groups in total. The number of thiophene rings is 1. The van der Waals surface area contributed by atoms with Crippen LogP contribution >= 0.6 is 46.4 Å². The first-order valence-corrected chi connectivity index (χ1v) is 16.0. The topological polar surface area (TPSA) is 113 Å². The van der Waals surface area contributed by atoms with Crippen LogP contribution in [0.2, 0.25) is 0 Å². The molecule has 3 amide bonds. The van der Waals surface area contributed by atoms with Crippen molar-refractivity contribution >= 4 is 81.0 Å². The summed E-state index contributed by atoms with van der Waals surface area (Å²) in [7, 11) is 0. The predicted molar refractivity (Wildman–Crippen MR) is 166 cm³/mol. The van der Waals surface area contributed by atoms with Gasteiger partial charge in [0.25, 0.3) is 11.8 Å². The van der Waals surface area contributed by atoms with E-state index in [-0.39, 0.29) is 22.8 Å². The molecule has 12 heteroatoms. The minimum atomic E-state index is -0.459. The van der Waals surface area contributed by atoms with Gasteiger partial charge in [-0.2, -0.15) is 20.7 Å². The molecule has 1 unspecified atom stereocenters. The molecule has 1 atom stereocenters. The van der Waals surface area contributed by atoms with Crippen LogP contribution in [0.5, 0.6) is 0 Å². The Hall–Kier alpha value is -3.45. The summed E-state index contributed by atoms with van der Waals surface area (Å²) in [6.45, 7) is 3.96. The summed E-state index contributed by atoms with van der Waals surface area (Å²) in [5, 5.41) is 13.0. The molecule has 2 heterocycles. The Kier molecular flexibility index (Phi) is 10.9. The van der Waals surface area contributed by atoms with Crippen molar-refractivity contribution in [2.24, 2.45) is 0 Å². The van der Waals surface area contributed by atoms with Crippen molar-refractivity contribution in [3.05, 3.63) is 88.2 Å². The molecule has 0 saturated carbocycles. The van der Waals surface area contributed by atoms with Crippen molar-refractivity contribution in [1.29, 1.82) is 0 Å². The first kappa shape index (κ1) is 29.5. The Morgan fingerprint density at radius 1 is 1.02 bits per heavy atom. The van der Waals surface area contributed by atoms with Gasteiger partial charge in [0.1, 0.15) is 5.70 Å². The molecule has 8 nitrogen and oxygen atoms in total. The van der Waals surface area contributed by atoms with Gasteiger partial charge in [0.05, 0.1) is 5.25 Å². The zero-order valence-electron chi connectivity index (χ0n) is 21.7. The number of carbonyl (C=O) groups excluding carboxylic acids is 3. The lowest BCUT2D eigenvalue weighted by atomic mass is 10.2. The second-order valence-electron chi connectivity index (χ2n) is 8.24. The third kappa shape index (κ3) is 8.52. The van der Waals surface area contributed by atoms with E-state index < -0.39 is 5.91 Å². The molecule has 0 aliphatic rings. The van der Waals surface area contributed by atoms with Crippen molar-refractivity contribution in [3.8, 4) is 0 Å². The number of amides is 3. The van der Waals surface area contributed by atoms with E-state index in [0.717, 1.165) is 27.7 Å². The summed E-state index contributed by atoms with van der Waals surface area (Å²) >= 11 is 5.58. The highest BCUT2D eigenvalue weighted by Crippen LogP contribution is 2.29. The number of rotatable bonds is 12. The lowest BCUT2D eigenvalue weighted by Crippen LogP contribution is -2.30. The highest BCUT2D eigenvalue weighted by atomic mass is 32.2. The molecule has 0 fully saturated rings. The van der Waals surface area contributed by atoms with Gasteiger partial charge in [-0.1, -0.05) is 49.9 Å². The second-order valence-corrected chi connectivity index (χ2v) is 12.3. The van der Waals surface area contributed by atoms with Crippen LogP contribution in [0.4, 0.5) is 10.8 Å². The Morgan fingerprint density at radius 2 is 1.85 bits per heavy atom. The predicted octanol–water partition coefficient (Wildman–Crippen LogP) is 6.63. The standard InChI is InChI=1S/C28H27N5O3S4/c1-3-23(26(36)31-27-32-28(33-40-27)38-4-2)39-21-12-8-11-20(16-21)29-25(35)22(15-18-13-14-37-17-18)30-24(34)19-9-6-5-7-10-19/h5-17,23H,3-4H2,1-2H3,(H,29,35)(H,30,34)(H,31,32,33,36)/b22-15-. The Labute approximate surface area is 249 Å². The van der Waals surface area contributed by atoms with Gasteiger partial charge >= 0.3 is 0 Å². The maximum absolute atomic E-state index is 13.3. The molecule has 0 aliphatic heterocycles. The number of nitrogens with zero attached hydrogens (tertiary/aromatic N) is 2. The summed E-state index contributed by atoms with van der Waals surface area (Å²) in [5.74, 6) is -0.140. The van der Waals surface area contributed by atoms with Crippen molar-refractivity contribution < 1.29 is 14.4 Å². The largest absolute Gasteiger partial charge is 0.321 e. The monoisotopic (exact) mass is 609 g/mol. The Balaban J connectivity index is 1.44. The number of thioether (sulfide) groups is 2. The third-order valence-electron chi connectivity index (χ3n) is 5.33. The van der Waals surface area contributed by atoms with E-state index >= 15 is 0 Å². The minimum Gasteiger partial charge on any atom is -0.321 e. The molecule has 40 heavy (non-hydrogen) atoms. The molecule has 2 aromatic heterocycles. The van der Waals surface area contributed by atoms with Crippen LogP contribution in [0.25, 0.3) is 6.08 Å². The molecule has 206 valence electrons. The van der Waals surface area contributed by atoms with E-state index in [1.165, 1.54) is 34.9 Å². The van der Waals surface area contributed by atoms with Gasteiger partial charge in [0, 0.05) is 27.7 Å². The van der Waals surface area contributed by atoms with Crippen LogP contribution in [-0.2, 0) is 9.59 Å². The molecular weight excluding hydrogens is 583 g/mol. The Morgan fingerprint density at radius 3 is 2.58 bits per heavy atom. The van der Waals surface area contributed by atoms with Crippen molar-refractivity contribution in [2.75, 3.05) is 16.4 Å². The van der Waals surface area contributed by atoms with E-state index in [2.05, 4.69) is 25.3 Å². The lowest BCUT2D eigenvalue weighted by molar-refractivity contribution is -0.116. The smallest absolute Gasteiger partial charge is 0.272 e. The first-order chi connectivity index (χ1) is 19.4. The normalized spacial score (nSPS) is 12.0. The summed E-state index contributed by atoms with van der Waals surface area (Å²) in [6.07, 6.45) is 2.24. The fourth-order valence-corrected chi connectivity index (χ4v) is 6.34. The first-order valence-electron chi connectivity index (χ1n) is 12.4. The summed E-state index contributed by atoms with van der Waals surface area (Å²) < 4.78 is 4.24. The summed E-state index contributed by atoms with van der Waals surface area (Å²) in [6, 6.07) is 17.9. The number of carbonyl (C=O) groups is 3. The molecule has 4 rings (SSSR count). The third-order valence-corrected chi connectivity index (χ3v) is 8.86. The van der Waals surface area contributed by atoms with Crippen LogP contribution in [0.1, 0.15) is 36.2 Å². The second kappa shape index (κ2) is 14.8.